The molecule has 0 spiro atoms. The molecule has 88 valence electrons. The zero-order chi connectivity index (χ0) is 12.1. The summed E-state index contributed by atoms with van der Waals surface area (Å²) in [6, 6.07) is 16.3. The maximum atomic E-state index is 5.31. The summed E-state index contributed by atoms with van der Waals surface area (Å²) in [7, 11) is 1.71. The Morgan fingerprint density at radius 3 is 2.41 bits per heavy atom. The van der Waals surface area contributed by atoms with E-state index >= 15 is 0 Å². The van der Waals surface area contributed by atoms with Gasteiger partial charge in [0.25, 0.3) is 0 Å². The number of ether oxygens (including phenoxy) is 1. The van der Waals surface area contributed by atoms with Crippen LogP contribution in [0, 0.1) is 0 Å². The number of aryl methyl sites for hydroxylation is 1. The number of para-hydroxylation sites is 1. The molecule has 2 heteroatoms. The zero-order valence-electron chi connectivity index (χ0n) is 10.2. The van der Waals surface area contributed by atoms with Gasteiger partial charge in [-0.15, -0.1) is 0 Å². The van der Waals surface area contributed by atoms with Crippen LogP contribution in [0.1, 0.15) is 12.5 Å². The number of hydrogen-bond acceptors (Lipinski definition) is 2. The third-order valence-corrected chi connectivity index (χ3v) is 2.72. The molecule has 2 nitrogen and oxygen atoms in total. The third-order valence-electron chi connectivity index (χ3n) is 2.72. The van der Waals surface area contributed by atoms with Crippen molar-refractivity contribution in [3.05, 3.63) is 54.1 Å². The smallest absolute Gasteiger partial charge is 0.122 e. The number of anilines is 2. The maximum Gasteiger partial charge on any atom is 0.122 e. The average molecular weight is 227 g/mol. The van der Waals surface area contributed by atoms with Gasteiger partial charge < -0.3 is 10.1 Å². The largest absolute Gasteiger partial charge is 0.496 e. The Bertz CT molecular complexity index is 480. The summed E-state index contributed by atoms with van der Waals surface area (Å²) in [5.74, 6) is 0.950. The molecular formula is C15H17NO. The first-order valence-corrected chi connectivity index (χ1v) is 5.82. The number of nitrogens with one attached hydrogen (secondary N) is 1. The van der Waals surface area contributed by atoms with Gasteiger partial charge in [-0.3, -0.25) is 0 Å². The molecule has 0 fully saturated rings. The fraction of sp³-hybridized carbons (Fsp3) is 0.200. The van der Waals surface area contributed by atoms with E-state index in [1.165, 1.54) is 5.56 Å². The molecule has 0 atom stereocenters. The normalized spacial score (nSPS) is 10.0. The Morgan fingerprint density at radius 1 is 1.00 bits per heavy atom. The van der Waals surface area contributed by atoms with E-state index in [2.05, 4.69) is 30.4 Å². The molecule has 0 amide bonds. The van der Waals surface area contributed by atoms with E-state index in [1.807, 2.05) is 30.3 Å². The van der Waals surface area contributed by atoms with Crippen molar-refractivity contribution < 1.29 is 4.74 Å². The molecular weight excluding hydrogens is 210 g/mol. The van der Waals surface area contributed by atoms with Crippen LogP contribution in [-0.2, 0) is 6.42 Å². The van der Waals surface area contributed by atoms with E-state index in [-0.39, 0.29) is 0 Å². The highest BCUT2D eigenvalue weighted by atomic mass is 16.5. The second-order valence-electron chi connectivity index (χ2n) is 3.87. The van der Waals surface area contributed by atoms with E-state index in [1.54, 1.807) is 7.11 Å². The molecule has 0 heterocycles. The van der Waals surface area contributed by atoms with Gasteiger partial charge in [0, 0.05) is 11.4 Å². The zero-order valence-corrected chi connectivity index (χ0v) is 10.2. The Hall–Kier alpha value is -1.96. The van der Waals surface area contributed by atoms with Gasteiger partial charge in [-0.05, 0) is 42.3 Å². The van der Waals surface area contributed by atoms with Crippen LogP contribution in [0.4, 0.5) is 11.4 Å². The first-order chi connectivity index (χ1) is 8.33. The summed E-state index contributed by atoms with van der Waals surface area (Å²) < 4.78 is 5.31. The van der Waals surface area contributed by atoms with Crippen LogP contribution in [0.5, 0.6) is 5.75 Å². The molecule has 0 saturated carbocycles. The lowest BCUT2D eigenvalue weighted by atomic mass is 10.1. The van der Waals surface area contributed by atoms with Crippen molar-refractivity contribution in [3.8, 4) is 5.75 Å². The molecule has 17 heavy (non-hydrogen) atoms. The van der Waals surface area contributed by atoms with E-state index in [9.17, 15) is 0 Å². The number of hydrogen-bond donors (Lipinski definition) is 1. The summed E-state index contributed by atoms with van der Waals surface area (Å²) in [6.07, 6.45) is 0.966. The lowest BCUT2D eigenvalue weighted by Crippen LogP contribution is -1.94. The SMILES string of the molecule is CCc1cc(Nc2ccccc2)ccc1OC. The minimum atomic E-state index is 0.950. The van der Waals surface area contributed by atoms with Crippen molar-refractivity contribution >= 4 is 11.4 Å². The fourth-order valence-electron chi connectivity index (χ4n) is 1.82. The second kappa shape index (κ2) is 5.39. The van der Waals surface area contributed by atoms with Crippen molar-refractivity contribution in [1.29, 1.82) is 0 Å². The lowest BCUT2D eigenvalue weighted by molar-refractivity contribution is 0.410. The first-order valence-electron chi connectivity index (χ1n) is 5.82. The Labute approximate surface area is 102 Å². The summed E-state index contributed by atoms with van der Waals surface area (Å²) in [5, 5.41) is 3.37. The molecule has 0 aliphatic rings. The van der Waals surface area contributed by atoms with Crippen LogP contribution in [-0.4, -0.2) is 7.11 Å². The molecule has 2 aromatic carbocycles. The average Bonchev–Trinajstić information content (AvgIpc) is 2.40. The summed E-state index contributed by atoms with van der Waals surface area (Å²) in [5.41, 5.74) is 3.40. The molecule has 0 radical (unpaired) electrons. The number of methoxy groups -OCH3 is 1. The predicted octanol–water partition coefficient (Wildman–Crippen LogP) is 4.00. The second-order valence-corrected chi connectivity index (χ2v) is 3.87. The van der Waals surface area contributed by atoms with Crippen molar-refractivity contribution in [2.45, 2.75) is 13.3 Å². The summed E-state index contributed by atoms with van der Waals surface area (Å²) >= 11 is 0. The highest BCUT2D eigenvalue weighted by Gasteiger charge is 2.02. The van der Waals surface area contributed by atoms with Gasteiger partial charge in [-0.2, -0.15) is 0 Å². The summed E-state index contributed by atoms with van der Waals surface area (Å²) in [4.78, 5) is 0. The first kappa shape index (κ1) is 11.5. The third kappa shape index (κ3) is 2.78. The van der Waals surface area contributed by atoms with Gasteiger partial charge in [0.15, 0.2) is 0 Å². The molecule has 2 rings (SSSR count). The standard InChI is InChI=1S/C15H17NO/c1-3-12-11-14(9-10-15(12)17-2)16-13-7-5-4-6-8-13/h4-11,16H,3H2,1-2H3. The molecule has 0 bridgehead atoms. The van der Waals surface area contributed by atoms with E-state index in [0.717, 1.165) is 23.5 Å². The maximum absolute atomic E-state index is 5.31. The van der Waals surface area contributed by atoms with Gasteiger partial charge in [0.2, 0.25) is 0 Å². The van der Waals surface area contributed by atoms with Crippen LogP contribution in [0.15, 0.2) is 48.5 Å². The molecule has 0 aliphatic heterocycles. The number of benzene rings is 2. The molecule has 1 N–H and O–H groups in total. The summed E-state index contributed by atoms with van der Waals surface area (Å²) in [6.45, 7) is 2.13. The van der Waals surface area contributed by atoms with Crippen LogP contribution in [0.25, 0.3) is 0 Å². The lowest BCUT2D eigenvalue weighted by Gasteiger charge is -2.11. The molecule has 0 aliphatic carbocycles. The Balaban J connectivity index is 2.22. The van der Waals surface area contributed by atoms with Gasteiger partial charge in [0.1, 0.15) is 5.75 Å². The number of rotatable bonds is 4. The fourth-order valence-corrected chi connectivity index (χ4v) is 1.82. The molecule has 0 saturated heterocycles. The topological polar surface area (TPSA) is 21.3 Å². The Morgan fingerprint density at radius 2 is 1.76 bits per heavy atom. The molecule has 0 aromatic heterocycles. The van der Waals surface area contributed by atoms with Gasteiger partial charge in [-0.1, -0.05) is 25.1 Å². The van der Waals surface area contributed by atoms with Crippen molar-refractivity contribution in [2.24, 2.45) is 0 Å². The van der Waals surface area contributed by atoms with Crippen LogP contribution >= 0.6 is 0 Å². The predicted molar refractivity (Wildman–Crippen MR) is 72.1 cm³/mol. The van der Waals surface area contributed by atoms with Gasteiger partial charge in [0.05, 0.1) is 7.11 Å². The monoisotopic (exact) mass is 227 g/mol. The van der Waals surface area contributed by atoms with E-state index in [0.29, 0.717) is 0 Å². The quantitative estimate of drug-likeness (QED) is 0.852. The van der Waals surface area contributed by atoms with Crippen molar-refractivity contribution in [3.63, 3.8) is 0 Å². The van der Waals surface area contributed by atoms with Gasteiger partial charge in [-0.25, -0.2) is 0 Å². The van der Waals surface area contributed by atoms with E-state index < -0.39 is 0 Å². The van der Waals surface area contributed by atoms with Crippen LogP contribution < -0.4 is 10.1 Å². The molecule has 2 aromatic rings. The highest BCUT2D eigenvalue weighted by Crippen LogP contribution is 2.25. The van der Waals surface area contributed by atoms with Crippen LogP contribution in [0.3, 0.4) is 0 Å². The minimum Gasteiger partial charge on any atom is -0.496 e. The molecule has 0 unspecified atom stereocenters. The highest BCUT2D eigenvalue weighted by molar-refractivity contribution is 5.61. The van der Waals surface area contributed by atoms with E-state index in [4.69, 9.17) is 4.74 Å². The Kier molecular flexibility index (Phi) is 3.66. The minimum absolute atomic E-state index is 0.950. The van der Waals surface area contributed by atoms with Crippen LogP contribution in [0.2, 0.25) is 0 Å². The van der Waals surface area contributed by atoms with Crippen molar-refractivity contribution in [2.75, 3.05) is 12.4 Å². The van der Waals surface area contributed by atoms with Gasteiger partial charge >= 0.3 is 0 Å². The van der Waals surface area contributed by atoms with Crippen molar-refractivity contribution in [1.82, 2.24) is 0 Å².